The van der Waals surface area contributed by atoms with Crippen LogP contribution in [-0.2, 0) is 14.8 Å². The highest BCUT2D eigenvalue weighted by Gasteiger charge is 2.32. The predicted octanol–water partition coefficient (Wildman–Crippen LogP) is 2.89. The standard InChI is InChI=1S/C18H31N3O3S/c1-7-18(6)13-20(10-11-24-18)17-9-8-16(12-19-17)25(22,23)21(14(2)3)15(4)5/h8-9,12,14-15H,7,10-11,13H2,1-6H3. The highest BCUT2D eigenvalue weighted by molar-refractivity contribution is 7.89. The minimum absolute atomic E-state index is 0.103. The Morgan fingerprint density at radius 2 is 1.92 bits per heavy atom. The largest absolute Gasteiger partial charge is 0.372 e. The molecule has 6 nitrogen and oxygen atoms in total. The number of pyridine rings is 1. The second-order valence-electron chi connectivity index (χ2n) is 7.45. The first-order chi connectivity index (χ1) is 11.6. The van der Waals surface area contributed by atoms with Crippen molar-refractivity contribution in [2.45, 2.75) is 70.5 Å². The van der Waals surface area contributed by atoms with E-state index in [1.807, 2.05) is 27.7 Å². The number of morpholine rings is 1. The van der Waals surface area contributed by atoms with Crippen molar-refractivity contribution in [3.8, 4) is 0 Å². The van der Waals surface area contributed by atoms with Gasteiger partial charge in [0.05, 0.1) is 12.2 Å². The van der Waals surface area contributed by atoms with Crippen LogP contribution in [0.1, 0.15) is 48.0 Å². The molecule has 7 heteroatoms. The Bertz CT molecular complexity index is 665. The average molecular weight is 370 g/mol. The molecule has 0 radical (unpaired) electrons. The van der Waals surface area contributed by atoms with E-state index < -0.39 is 10.0 Å². The van der Waals surface area contributed by atoms with E-state index in [2.05, 4.69) is 23.7 Å². The topological polar surface area (TPSA) is 62.7 Å². The highest BCUT2D eigenvalue weighted by atomic mass is 32.2. The van der Waals surface area contributed by atoms with Gasteiger partial charge in [0.2, 0.25) is 10.0 Å². The number of anilines is 1. The van der Waals surface area contributed by atoms with Gasteiger partial charge in [-0.05, 0) is 53.2 Å². The first-order valence-electron chi connectivity index (χ1n) is 8.99. The molecule has 25 heavy (non-hydrogen) atoms. The lowest BCUT2D eigenvalue weighted by molar-refractivity contribution is -0.0443. The maximum atomic E-state index is 12.9. The lowest BCUT2D eigenvalue weighted by Crippen LogP contribution is -2.50. The number of aromatic nitrogens is 1. The van der Waals surface area contributed by atoms with Crippen molar-refractivity contribution in [1.29, 1.82) is 0 Å². The molecule has 1 aliphatic heterocycles. The molecule has 0 amide bonds. The summed E-state index contributed by atoms with van der Waals surface area (Å²) in [6, 6.07) is 3.25. The average Bonchev–Trinajstić information content (AvgIpc) is 2.54. The van der Waals surface area contributed by atoms with Gasteiger partial charge in [0.15, 0.2) is 0 Å². The summed E-state index contributed by atoms with van der Waals surface area (Å²) in [6.07, 6.45) is 2.40. The van der Waals surface area contributed by atoms with Crippen molar-refractivity contribution in [2.24, 2.45) is 0 Å². The maximum Gasteiger partial charge on any atom is 0.245 e. The molecule has 1 saturated heterocycles. The lowest BCUT2D eigenvalue weighted by Gasteiger charge is -2.40. The second-order valence-corrected chi connectivity index (χ2v) is 9.29. The van der Waals surface area contributed by atoms with Crippen LogP contribution >= 0.6 is 0 Å². The Morgan fingerprint density at radius 3 is 2.40 bits per heavy atom. The fourth-order valence-corrected chi connectivity index (χ4v) is 5.10. The number of hydrogen-bond acceptors (Lipinski definition) is 5. The van der Waals surface area contributed by atoms with Gasteiger partial charge in [0, 0.05) is 31.4 Å². The number of nitrogens with zero attached hydrogens (tertiary/aromatic N) is 3. The van der Waals surface area contributed by atoms with Gasteiger partial charge in [-0.15, -0.1) is 0 Å². The molecule has 1 aliphatic rings. The summed E-state index contributed by atoms with van der Waals surface area (Å²) in [5.41, 5.74) is -0.184. The molecule has 2 heterocycles. The van der Waals surface area contributed by atoms with Crippen LogP contribution in [0.25, 0.3) is 0 Å². The fourth-order valence-electron chi connectivity index (χ4n) is 3.33. The van der Waals surface area contributed by atoms with Crippen molar-refractivity contribution < 1.29 is 13.2 Å². The molecule has 2 rings (SSSR count). The van der Waals surface area contributed by atoms with Gasteiger partial charge in [0.25, 0.3) is 0 Å². The summed E-state index contributed by atoms with van der Waals surface area (Å²) in [7, 11) is -3.55. The van der Waals surface area contributed by atoms with Gasteiger partial charge in [-0.1, -0.05) is 6.92 Å². The molecule has 1 unspecified atom stereocenters. The predicted molar refractivity (Wildman–Crippen MR) is 100 cm³/mol. The van der Waals surface area contributed by atoms with Gasteiger partial charge in [-0.25, -0.2) is 13.4 Å². The van der Waals surface area contributed by atoms with Crippen LogP contribution in [0.2, 0.25) is 0 Å². The second kappa shape index (κ2) is 7.60. The Hall–Kier alpha value is -1.18. The lowest BCUT2D eigenvalue weighted by atomic mass is 10.0. The van der Waals surface area contributed by atoms with Crippen molar-refractivity contribution in [3.05, 3.63) is 18.3 Å². The summed E-state index contributed by atoms with van der Waals surface area (Å²) in [4.78, 5) is 6.83. The summed E-state index contributed by atoms with van der Waals surface area (Å²) in [6.45, 7) is 13.9. The Morgan fingerprint density at radius 1 is 1.28 bits per heavy atom. The van der Waals surface area contributed by atoms with Crippen molar-refractivity contribution in [3.63, 3.8) is 0 Å². The molecule has 0 aliphatic carbocycles. The molecule has 0 saturated carbocycles. The number of rotatable bonds is 6. The zero-order valence-corrected chi connectivity index (χ0v) is 17.0. The molecule has 0 N–H and O–H groups in total. The summed E-state index contributed by atoms with van der Waals surface area (Å²) < 4.78 is 33.2. The van der Waals surface area contributed by atoms with Gasteiger partial charge in [0.1, 0.15) is 10.7 Å². The summed E-state index contributed by atoms with van der Waals surface area (Å²) >= 11 is 0. The van der Waals surface area contributed by atoms with E-state index >= 15 is 0 Å². The molecule has 1 aromatic rings. The van der Waals surface area contributed by atoms with Crippen molar-refractivity contribution in [2.75, 3.05) is 24.6 Å². The molecular weight excluding hydrogens is 338 g/mol. The summed E-state index contributed by atoms with van der Waals surface area (Å²) in [5, 5.41) is 0. The van der Waals surface area contributed by atoms with Crippen molar-refractivity contribution >= 4 is 15.8 Å². The van der Waals surface area contributed by atoms with Gasteiger partial charge < -0.3 is 9.64 Å². The van der Waals surface area contributed by atoms with Crippen LogP contribution in [0.4, 0.5) is 5.82 Å². The maximum absolute atomic E-state index is 12.9. The fraction of sp³-hybridized carbons (Fsp3) is 0.722. The molecular formula is C18H31N3O3S. The Labute approximate surface area is 152 Å². The van der Waals surface area contributed by atoms with Crippen molar-refractivity contribution in [1.82, 2.24) is 9.29 Å². The normalized spacial score (nSPS) is 22.2. The van der Waals surface area contributed by atoms with E-state index in [4.69, 9.17) is 4.74 Å². The third kappa shape index (κ3) is 4.33. The molecule has 142 valence electrons. The third-order valence-corrected chi connectivity index (χ3v) is 6.96. The van der Waals surface area contributed by atoms with E-state index in [-0.39, 0.29) is 22.6 Å². The molecule has 1 atom stereocenters. The first-order valence-corrected chi connectivity index (χ1v) is 10.4. The monoisotopic (exact) mass is 369 g/mol. The van der Waals surface area contributed by atoms with Crippen LogP contribution < -0.4 is 4.90 Å². The van der Waals surface area contributed by atoms with E-state index in [9.17, 15) is 8.42 Å². The molecule has 1 aromatic heterocycles. The first kappa shape index (κ1) is 20.1. The van der Waals surface area contributed by atoms with Crippen LogP contribution in [0.15, 0.2) is 23.2 Å². The Kier molecular flexibility index (Phi) is 6.12. The third-order valence-electron chi connectivity index (χ3n) is 4.72. The minimum atomic E-state index is -3.55. The number of ether oxygens (including phenoxy) is 1. The molecule has 1 fully saturated rings. The zero-order chi connectivity index (χ0) is 18.8. The van der Waals surface area contributed by atoms with Crippen LogP contribution in [0.3, 0.4) is 0 Å². The van der Waals surface area contributed by atoms with Crippen LogP contribution in [-0.4, -0.2) is 55.1 Å². The quantitative estimate of drug-likeness (QED) is 0.771. The SMILES string of the molecule is CCC1(C)CN(c2ccc(S(=O)(=O)N(C(C)C)C(C)C)cn2)CCO1. The molecule has 0 spiro atoms. The van der Waals surface area contributed by atoms with Gasteiger partial charge >= 0.3 is 0 Å². The zero-order valence-electron chi connectivity index (χ0n) is 16.2. The van der Waals surface area contributed by atoms with E-state index in [1.54, 1.807) is 12.1 Å². The summed E-state index contributed by atoms with van der Waals surface area (Å²) in [5.74, 6) is 0.794. The smallest absolute Gasteiger partial charge is 0.245 e. The van der Waals surface area contributed by atoms with E-state index in [0.29, 0.717) is 6.61 Å². The molecule has 0 bridgehead atoms. The van der Waals surface area contributed by atoms with Gasteiger partial charge in [-0.3, -0.25) is 0 Å². The van der Waals surface area contributed by atoms with Crippen LogP contribution in [0, 0.1) is 0 Å². The highest BCUT2D eigenvalue weighted by Crippen LogP contribution is 2.26. The van der Waals surface area contributed by atoms with Crippen LogP contribution in [0.5, 0.6) is 0 Å². The van der Waals surface area contributed by atoms with E-state index in [0.717, 1.165) is 25.3 Å². The van der Waals surface area contributed by atoms with Gasteiger partial charge in [-0.2, -0.15) is 4.31 Å². The molecule has 0 aromatic carbocycles. The number of sulfonamides is 1. The Balaban J connectivity index is 2.25. The van der Waals surface area contributed by atoms with E-state index in [1.165, 1.54) is 10.5 Å². The minimum Gasteiger partial charge on any atom is -0.372 e. The number of hydrogen-bond donors (Lipinski definition) is 0.